The summed E-state index contributed by atoms with van der Waals surface area (Å²) in [7, 11) is 1.35. The molecule has 4 nitrogen and oxygen atoms in total. The molecule has 0 aliphatic carbocycles. The van der Waals surface area contributed by atoms with E-state index in [1.54, 1.807) is 18.2 Å². The fourth-order valence-corrected chi connectivity index (χ4v) is 1.65. The number of aryl methyl sites for hydroxylation is 1. The topological polar surface area (TPSA) is 55.8 Å². The molecule has 0 spiro atoms. The molecule has 17 heavy (non-hydrogen) atoms. The molecule has 1 aromatic carbocycles. The van der Waals surface area contributed by atoms with Gasteiger partial charge < -0.3 is 14.6 Å². The molecule has 0 saturated heterocycles. The lowest BCUT2D eigenvalue weighted by molar-refractivity contribution is -0.153. The second-order valence-electron chi connectivity index (χ2n) is 3.78. The van der Waals surface area contributed by atoms with Crippen molar-refractivity contribution in [1.29, 1.82) is 0 Å². The Morgan fingerprint density at radius 1 is 1.47 bits per heavy atom. The Balaban J connectivity index is 2.82. The van der Waals surface area contributed by atoms with Crippen LogP contribution in [-0.2, 0) is 20.7 Å². The Kier molecular flexibility index (Phi) is 4.97. The van der Waals surface area contributed by atoms with Crippen molar-refractivity contribution in [1.82, 2.24) is 0 Å². The zero-order valence-electron chi connectivity index (χ0n) is 10.4. The average Bonchev–Trinajstić information content (AvgIpc) is 2.30. The van der Waals surface area contributed by atoms with E-state index < -0.39 is 6.10 Å². The highest BCUT2D eigenvalue weighted by Crippen LogP contribution is 2.18. The lowest BCUT2D eigenvalue weighted by atomic mass is 10.0. The van der Waals surface area contributed by atoms with Gasteiger partial charge in [-0.2, -0.15) is 0 Å². The van der Waals surface area contributed by atoms with Gasteiger partial charge in [-0.1, -0.05) is 6.07 Å². The molecular weight excluding hydrogens is 220 g/mol. The summed E-state index contributed by atoms with van der Waals surface area (Å²) in [6.07, 6.45) is -0.139. The minimum atomic E-state index is -0.590. The zero-order chi connectivity index (χ0) is 12.8. The smallest absolute Gasteiger partial charge is 0.335 e. The molecule has 0 radical (unpaired) electrons. The van der Waals surface area contributed by atoms with Crippen LogP contribution in [0, 0.1) is 6.92 Å². The molecule has 94 valence electrons. The number of hydrogen-bond acceptors (Lipinski definition) is 4. The van der Waals surface area contributed by atoms with E-state index in [1.807, 2.05) is 13.8 Å². The third-order valence-corrected chi connectivity index (χ3v) is 2.56. The summed E-state index contributed by atoms with van der Waals surface area (Å²) >= 11 is 0. The van der Waals surface area contributed by atoms with E-state index in [9.17, 15) is 9.90 Å². The number of ether oxygens (including phenoxy) is 2. The van der Waals surface area contributed by atoms with E-state index >= 15 is 0 Å². The number of carbonyl (C=O) groups is 1. The first-order chi connectivity index (χ1) is 8.08. The molecule has 1 rings (SSSR count). The maximum Gasteiger partial charge on any atom is 0.335 e. The Labute approximate surface area is 101 Å². The Bertz CT molecular complexity index is 387. The van der Waals surface area contributed by atoms with Crippen molar-refractivity contribution in [3.8, 4) is 5.75 Å². The van der Waals surface area contributed by atoms with Gasteiger partial charge in [0, 0.05) is 13.0 Å². The minimum Gasteiger partial charge on any atom is -0.508 e. The van der Waals surface area contributed by atoms with Gasteiger partial charge in [-0.25, -0.2) is 4.79 Å². The average molecular weight is 238 g/mol. The lowest BCUT2D eigenvalue weighted by Crippen LogP contribution is -2.28. The molecule has 1 N–H and O–H groups in total. The number of carbonyl (C=O) groups excluding carboxylic acids is 1. The van der Waals surface area contributed by atoms with Crippen molar-refractivity contribution < 1.29 is 19.4 Å². The maximum absolute atomic E-state index is 11.5. The minimum absolute atomic E-state index is 0.220. The Morgan fingerprint density at radius 2 is 2.18 bits per heavy atom. The van der Waals surface area contributed by atoms with Crippen LogP contribution in [-0.4, -0.2) is 30.9 Å². The van der Waals surface area contributed by atoms with Gasteiger partial charge in [0.05, 0.1) is 7.11 Å². The summed E-state index contributed by atoms with van der Waals surface area (Å²) in [5, 5.41) is 9.31. The van der Waals surface area contributed by atoms with E-state index in [2.05, 4.69) is 4.74 Å². The van der Waals surface area contributed by atoms with Gasteiger partial charge in [0.25, 0.3) is 0 Å². The highest BCUT2D eigenvalue weighted by Gasteiger charge is 2.20. The van der Waals surface area contributed by atoms with Crippen LogP contribution < -0.4 is 0 Å². The van der Waals surface area contributed by atoms with Crippen LogP contribution in [0.5, 0.6) is 5.75 Å². The van der Waals surface area contributed by atoms with Gasteiger partial charge in [-0.3, -0.25) is 0 Å². The van der Waals surface area contributed by atoms with E-state index in [-0.39, 0.29) is 11.7 Å². The Hall–Kier alpha value is -1.55. The predicted molar refractivity (Wildman–Crippen MR) is 64.0 cm³/mol. The van der Waals surface area contributed by atoms with Crippen LogP contribution >= 0.6 is 0 Å². The predicted octanol–water partition coefficient (Wildman–Crippen LogP) is 1.82. The van der Waals surface area contributed by atoms with Gasteiger partial charge in [0.15, 0.2) is 6.10 Å². The van der Waals surface area contributed by atoms with Crippen LogP contribution in [0.1, 0.15) is 18.1 Å². The molecule has 0 heterocycles. The first-order valence-corrected chi connectivity index (χ1v) is 5.56. The van der Waals surface area contributed by atoms with Crippen LogP contribution in [0.2, 0.25) is 0 Å². The fourth-order valence-electron chi connectivity index (χ4n) is 1.65. The number of phenolic OH excluding ortho intramolecular Hbond substituents is 1. The molecule has 0 aliphatic heterocycles. The van der Waals surface area contributed by atoms with Crippen LogP contribution in [0.25, 0.3) is 0 Å². The first-order valence-electron chi connectivity index (χ1n) is 5.56. The van der Waals surface area contributed by atoms with Crippen LogP contribution in [0.15, 0.2) is 18.2 Å². The van der Waals surface area contributed by atoms with Gasteiger partial charge in [-0.15, -0.1) is 0 Å². The summed E-state index contributed by atoms with van der Waals surface area (Å²) < 4.78 is 10.0. The highest BCUT2D eigenvalue weighted by atomic mass is 16.6. The van der Waals surface area contributed by atoms with Crippen LogP contribution in [0.3, 0.4) is 0 Å². The molecule has 1 atom stereocenters. The van der Waals surface area contributed by atoms with Crippen molar-refractivity contribution >= 4 is 5.97 Å². The SMILES string of the molecule is CCOC(Cc1ccc(O)cc1C)C(=O)OC. The standard InChI is InChI=1S/C13H18O4/c1-4-17-12(13(15)16-3)8-10-5-6-11(14)7-9(10)2/h5-7,12,14H,4,8H2,1-3H3. The number of aromatic hydroxyl groups is 1. The molecule has 0 fully saturated rings. The number of methoxy groups -OCH3 is 1. The molecule has 4 heteroatoms. The Morgan fingerprint density at radius 3 is 2.71 bits per heavy atom. The van der Waals surface area contributed by atoms with Gasteiger partial charge >= 0.3 is 5.97 Å². The molecule has 1 aromatic rings. The number of esters is 1. The fraction of sp³-hybridized carbons (Fsp3) is 0.462. The van der Waals surface area contributed by atoms with E-state index in [4.69, 9.17) is 4.74 Å². The number of hydrogen-bond donors (Lipinski definition) is 1. The van der Waals surface area contributed by atoms with E-state index in [0.29, 0.717) is 13.0 Å². The summed E-state index contributed by atoms with van der Waals surface area (Å²) in [6, 6.07) is 5.05. The van der Waals surface area contributed by atoms with E-state index in [0.717, 1.165) is 11.1 Å². The highest BCUT2D eigenvalue weighted by molar-refractivity contribution is 5.75. The number of phenols is 1. The first kappa shape index (κ1) is 13.5. The summed E-state index contributed by atoms with van der Waals surface area (Å²) in [4.78, 5) is 11.5. The molecule has 0 aliphatic rings. The zero-order valence-corrected chi connectivity index (χ0v) is 10.4. The van der Waals surface area contributed by atoms with E-state index in [1.165, 1.54) is 7.11 Å². The summed E-state index contributed by atoms with van der Waals surface area (Å²) in [5.41, 5.74) is 1.89. The van der Waals surface area contributed by atoms with Gasteiger partial charge in [0.2, 0.25) is 0 Å². The van der Waals surface area contributed by atoms with Crippen molar-refractivity contribution in [3.63, 3.8) is 0 Å². The second kappa shape index (κ2) is 6.25. The summed E-state index contributed by atoms with van der Waals surface area (Å²) in [5.74, 6) is -0.156. The molecular formula is C13H18O4. The molecule has 0 saturated carbocycles. The normalized spacial score (nSPS) is 12.2. The second-order valence-corrected chi connectivity index (χ2v) is 3.78. The van der Waals surface area contributed by atoms with Crippen LogP contribution in [0.4, 0.5) is 0 Å². The molecule has 0 amide bonds. The van der Waals surface area contributed by atoms with Gasteiger partial charge in [-0.05, 0) is 37.1 Å². The molecule has 0 bridgehead atoms. The third kappa shape index (κ3) is 3.75. The molecule has 0 aromatic heterocycles. The quantitative estimate of drug-likeness (QED) is 0.795. The molecule has 1 unspecified atom stereocenters. The number of benzene rings is 1. The lowest BCUT2D eigenvalue weighted by Gasteiger charge is -2.15. The number of rotatable bonds is 5. The van der Waals surface area contributed by atoms with Crippen molar-refractivity contribution in [3.05, 3.63) is 29.3 Å². The monoisotopic (exact) mass is 238 g/mol. The maximum atomic E-state index is 11.5. The largest absolute Gasteiger partial charge is 0.508 e. The third-order valence-electron chi connectivity index (χ3n) is 2.56. The summed E-state index contributed by atoms with van der Waals surface area (Å²) in [6.45, 7) is 4.17. The van der Waals surface area contributed by atoms with Crippen molar-refractivity contribution in [2.45, 2.75) is 26.4 Å². The van der Waals surface area contributed by atoms with Crippen molar-refractivity contribution in [2.24, 2.45) is 0 Å². The van der Waals surface area contributed by atoms with Crippen molar-refractivity contribution in [2.75, 3.05) is 13.7 Å². The van der Waals surface area contributed by atoms with Gasteiger partial charge in [0.1, 0.15) is 5.75 Å².